The van der Waals surface area contributed by atoms with Gasteiger partial charge in [0.25, 0.3) is 10.0 Å². The molecule has 0 saturated heterocycles. The number of rotatable bonds is 5. The Hall–Kier alpha value is -3.55. The molecule has 1 unspecified atom stereocenters. The first-order chi connectivity index (χ1) is 15.6. The van der Waals surface area contributed by atoms with E-state index < -0.39 is 38.2 Å². The number of nitrogens with zero attached hydrogens (tertiary/aromatic N) is 2. The van der Waals surface area contributed by atoms with E-state index in [1.165, 1.54) is 36.7 Å². The molecule has 1 aromatic heterocycles. The molecular weight excluding hydrogens is 470 g/mol. The van der Waals surface area contributed by atoms with Crippen LogP contribution in [0.1, 0.15) is 5.56 Å². The van der Waals surface area contributed by atoms with Crippen LogP contribution in [0.25, 0.3) is 15.7 Å². The number of benzene rings is 3. The summed E-state index contributed by atoms with van der Waals surface area (Å²) in [5.74, 6) is -2.14. The molecule has 0 spiro atoms. The lowest BCUT2D eigenvalue weighted by Gasteiger charge is -2.14. The Kier molecular flexibility index (Phi) is 5.78. The Bertz CT molecular complexity index is 1570. The van der Waals surface area contributed by atoms with Gasteiger partial charge in [0.1, 0.15) is 11.6 Å². The molecule has 33 heavy (non-hydrogen) atoms. The van der Waals surface area contributed by atoms with E-state index in [1.807, 2.05) is 6.92 Å². The second-order valence-corrected chi connectivity index (χ2v) is 10.3. The largest absolute Gasteiger partial charge is 0.454 e. The van der Waals surface area contributed by atoms with Crippen molar-refractivity contribution in [2.45, 2.75) is 16.7 Å². The normalized spacial score (nSPS) is 12.5. The first kappa shape index (κ1) is 22.6. The summed E-state index contributed by atoms with van der Waals surface area (Å²) in [4.78, 5) is 3.00. The Morgan fingerprint density at radius 1 is 1.03 bits per heavy atom. The molecule has 0 aliphatic rings. The van der Waals surface area contributed by atoms with Gasteiger partial charge in [0.05, 0.1) is 32.7 Å². The summed E-state index contributed by atoms with van der Waals surface area (Å²) >= 11 is 0. The molecule has 168 valence electrons. The lowest BCUT2D eigenvalue weighted by atomic mass is 10.2. The monoisotopic (exact) mass is 486 g/mol. The summed E-state index contributed by atoms with van der Waals surface area (Å²) in [5.41, 5.74) is 0.556. The number of halogens is 2. The molecular formula is C23H16F2N2O4S2. The van der Waals surface area contributed by atoms with Crippen LogP contribution >= 0.6 is 0 Å². The molecule has 4 rings (SSSR count). The van der Waals surface area contributed by atoms with E-state index in [2.05, 4.69) is 4.85 Å². The Morgan fingerprint density at radius 2 is 1.73 bits per heavy atom. The predicted octanol–water partition coefficient (Wildman–Crippen LogP) is 5.55. The van der Waals surface area contributed by atoms with Crippen molar-refractivity contribution in [1.29, 1.82) is 0 Å². The summed E-state index contributed by atoms with van der Waals surface area (Å²) in [6.45, 7) is 8.84. The fourth-order valence-electron chi connectivity index (χ4n) is 3.35. The van der Waals surface area contributed by atoms with Crippen LogP contribution in [0.15, 0.2) is 70.6 Å². The minimum Gasteiger partial charge on any atom is -0.454 e. The van der Waals surface area contributed by atoms with E-state index in [0.717, 1.165) is 27.7 Å². The van der Waals surface area contributed by atoms with Gasteiger partial charge in [0.15, 0.2) is 11.6 Å². The molecule has 3 aromatic carbocycles. The summed E-state index contributed by atoms with van der Waals surface area (Å²) in [5, 5.41) is 0.218. The van der Waals surface area contributed by atoms with Crippen molar-refractivity contribution in [3.8, 4) is 11.5 Å². The summed E-state index contributed by atoms with van der Waals surface area (Å²) < 4.78 is 74.2. The van der Waals surface area contributed by atoms with Gasteiger partial charge in [0.2, 0.25) is 5.69 Å². The van der Waals surface area contributed by atoms with Crippen molar-refractivity contribution in [1.82, 2.24) is 3.97 Å². The number of fused-ring (bicyclic) bond motifs is 1. The molecule has 0 aliphatic heterocycles. The molecule has 10 heteroatoms. The zero-order valence-corrected chi connectivity index (χ0v) is 19.0. The Morgan fingerprint density at radius 3 is 2.36 bits per heavy atom. The number of aromatic nitrogens is 1. The highest BCUT2D eigenvalue weighted by Gasteiger charge is 2.25. The lowest BCUT2D eigenvalue weighted by molar-refractivity contribution is 0.431. The number of hydrogen-bond donors (Lipinski definition) is 0. The average molecular weight is 487 g/mol. The van der Waals surface area contributed by atoms with Crippen LogP contribution in [0.3, 0.4) is 0 Å². The maximum Gasteiger partial charge on any atom is 0.268 e. The maximum absolute atomic E-state index is 15.2. The average Bonchev–Trinajstić information content (AvgIpc) is 3.19. The molecule has 4 aromatic rings. The van der Waals surface area contributed by atoms with Crippen LogP contribution < -0.4 is 4.74 Å². The van der Waals surface area contributed by atoms with Gasteiger partial charge < -0.3 is 4.74 Å². The summed E-state index contributed by atoms with van der Waals surface area (Å²) in [6, 6.07) is 11.9. The van der Waals surface area contributed by atoms with Gasteiger partial charge in [-0.1, -0.05) is 17.7 Å². The quantitative estimate of drug-likeness (QED) is 0.347. The van der Waals surface area contributed by atoms with E-state index >= 15 is 4.39 Å². The highest BCUT2D eigenvalue weighted by Crippen LogP contribution is 2.39. The molecule has 0 fully saturated rings. The second-order valence-electron chi connectivity index (χ2n) is 7.16. The zero-order chi connectivity index (χ0) is 23.9. The fraction of sp³-hybridized carbons (Fsp3) is 0.0870. The van der Waals surface area contributed by atoms with Crippen LogP contribution in [0.4, 0.5) is 14.5 Å². The van der Waals surface area contributed by atoms with E-state index in [9.17, 15) is 17.0 Å². The minimum atomic E-state index is -4.05. The molecule has 0 radical (unpaired) electrons. The third-order valence-corrected chi connectivity index (χ3v) is 7.63. The van der Waals surface area contributed by atoms with Gasteiger partial charge in [0, 0.05) is 23.9 Å². The van der Waals surface area contributed by atoms with Gasteiger partial charge in [-0.25, -0.2) is 26.0 Å². The van der Waals surface area contributed by atoms with E-state index in [1.54, 1.807) is 12.1 Å². The van der Waals surface area contributed by atoms with Crippen molar-refractivity contribution in [2.75, 3.05) is 6.26 Å². The van der Waals surface area contributed by atoms with Crippen molar-refractivity contribution >= 4 is 37.4 Å². The van der Waals surface area contributed by atoms with Crippen molar-refractivity contribution in [3.05, 3.63) is 89.4 Å². The molecule has 0 saturated carbocycles. The van der Waals surface area contributed by atoms with Crippen LogP contribution in [-0.4, -0.2) is 22.9 Å². The SMILES string of the molecule is [C-]#[N+]c1cc(Oc2c(F)cc3c(ccn3S(=O)(=O)c3ccc(C)cc3)c2S(C)=O)ccc1F. The first-order valence-corrected chi connectivity index (χ1v) is 12.5. The van der Waals surface area contributed by atoms with Crippen molar-refractivity contribution < 1.29 is 26.1 Å². The van der Waals surface area contributed by atoms with Gasteiger partial charge >= 0.3 is 0 Å². The smallest absolute Gasteiger partial charge is 0.268 e. The van der Waals surface area contributed by atoms with Gasteiger partial charge in [-0.15, -0.1) is 0 Å². The standard InChI is InChI=1S/C23H16F2N2O4S2/c1-14-4-7-16(8-5-14)33(29,30)27-11-10-17-21(27)13-19(25)22(23(17)32(3)28)31-15-6-9-18(24)20(12-15)26-2/h4-13H,1,3H3. The third-order valence-electron chi connectivity index (χ3n) is 4.94. The topological polar surface area (TPSA) is 69.7 Å². The number of aryl methyl sites for hydroxylation is 1. The van der Waals surface area contributed by atoms with E-state index in [-0.39, 0.29) is 32.1 Å². The van der Waals surface area contributed by atoms with E-state index in [0.29, 0.717) is 0 Å². The van der Waals surface area contributed by atoms with Crippen LogP contribution in [-0.2, 0) is 20.8 Å². The zero-order valence-electron chi connectivity index (χ0n) is 17.4. The Balaban J connectivity index is 1.90. The van der Waals surface area contributed by atoms with Gasteiger partial charge in [-0.2, -0.15) is 0 Å². The molecule has 1 atom stereocenters. The number of hydrogen-bond acceptors (Lipinski definition) is 4. The highest BCUT2D eigenvalue weighted by atomic mass is 32.2. The molecule has 0 N–H and O–H groups in total. The molecule has 0 aliphatic carbocycles. The minimum absolute atomic E-state index is 0.00780. The summed E-state index contributed by atoms with van der Waals surface area (Å²) in [7, 11) is -5.83. The lowest BCUT2D eigenvalue weighted by Crippen LogP contribution is -2.12. The maximum atomic E-state index is 15.2. The van der Waals surface area contributed by atoms with Crippen molar-refractivity contribution in [3.63, 3.8) is 0 Å². The van der Waals surface area contributed by atoms with Crippen molar-refractivity contribution in [2.24, 2.45) is 0 Å². The number of ether oxygens (including phenoxy) is 1. The molecule has 0 amide bonds. The molecule has 0 bridgehead atoms. The predicted molar refractivity (Wildman–Crippen MR) is 121 cm³/mol. The van der Waals surface area contributed by atoms with E-state index in [4.69, 9.17) is 11.3 Å². The molecule has 6 nitrogen and oxygen atoms in total. The summed E-state index contributed by atoms with van der Waals surface area (Å²) in [6.07, 6.45) is 2.57. The Labute approximate surface area is 191 Å². The first-order valence-electron chi connectivity index (χ1n) is 9.47. The van der Waals surface area contributed by atoms with Gasteiger partial charge in [-0.05, 0) is 43.3 Å². The highest BCUT2D eigenvalue weighted by molar-refractivity contribution is 7.90. The van der Waals surface area contributed by atoms with Crippen LogP contribution in [0.2, 0.25) is 0 Å². The van der Waals surface area contributed by atoms with Gasteiger partial charge in [-0.3, -0.25) is 4.21 Å². The van der Waals surface area contributed by atoms with Crippen LogP contribution in [0.5, 0.6) is 11.5 Å². The molecule has 1 heterocycles. The second kappa shape index (κ2) is 8.42. The third kappa shape index (κ3) is 4.01. The van der Waals surface area contributed by atoms with Crippen LogP contribution in [0, 0.1) is 25.1 Å². The fourth-order valence-corrected chi connectivity index (χ4v) is 5.57.